The molecule has 1 aliphatic rings. The minimum atomic E-state index is -0.601. The summed E-state index contributed by atoms with van der Waals surface area (Å²) >= 11 is 0. The molecule has 6 heteroatoms. The lowest BCUT2D eigenvalue weighted by molar-refractivity contribution is -0.156. The van der Waals surface area contributed by atoms with Crippen molar-refractivity contribution < 1.29 is 14.4 Å². The summed E-state index contributed by atoms with van der Waals surface area (Å²) in [6.45, 7) is 7.07. The predicted octanol–water partition coefficient (Wildman–Crippen LogP) is 1.12. The van der Waals surface area contributed by atoms with E-state index in [9.17, 15) is 14.4 Å². The second-order valence-electron chi connectivity index (χ2n) is 6.21. The molecule has 1 aliphatic heterocycles. The lowest BCUT2D eigenvalue weighted by Gasteiger charge is -2.35. The SMILES string of the molecule is CCN1CCN(CC(=O)NC(C)(CC)c2ccccc2)C(=O)C1=O. The van der Waals surface area contributed by atoms with Crippen LogP contribution in [0.15, 0.2) is 30.3 Å². The van der Waals surface area contributed by atoms with E-state index in [0.29, 0.717) is 19.6 Å². The predicted molar refractivity (Wildman–Crippen MR) is 91.1 cm³/mol. The van der Waals surface area contributed by atoms with Gasteiger partial charge in [0.25, 0.3) is 0 Å². The van der Waals surface area contributed by atoms with Crippen molar-refractivity contribution in [2.75, 3.05) is 26.2 Å². The Morgan fingerprint density at radius 3 is 2.25 bits per heavy atom. The van der Waals surface area contributed by atoms with Crippen molar-refractivity contribution in [3.05, 3.63) is 35.9 Å². The van der Waals surface area contributed by atoms with Crippen molar-refractivity contribution in [2.24, 2.45) is 0 Å². The molecule has 1 aromatic carbocycles. The molecular formula is C18H25N3O3. The van der Waals surface area contributed by atoms with Crippen LogP contribution in [0.4, 0.5) is 0 Å². The molecule has 1 unspecified atom stereocenters. The maximum absolute atomic E-state index is 12.4. The van der Waals surface area contributed by atoms with Crippen LogP contribution >= 0.6 is 0 Å². The van der Waals surface area contributed by atoms with Gasteiger partial charge in [0.05, 0.1) is 5.54 Å². The molecule has 1 heterocycles. The topological polar surface area (TPSA) is 69.7 Å². The van der Waals surface area contributed by atoms with E-state index in [2.05, 4.69) is 5.32 Å². The Morgan fingerprint density at radius 2 is 1.67 bits per heavy atom. The average molecular weight is 331 g/mol. The number of benzene rings is 1. The molecule has 2 rings (SSSR count). The van der Waals surface area contributed by atoms with Gasteiger partial charge in [-0.1, -0.05) is 37.3 Å². The van der Waals surface area contributed by atoms with E-state index in [0.717, 1.165) is 12.0 Å². The lowest BCUT2D eigenvalue weighted by Crippen LogP contribution is -2.57. The Morgan fingerprint density at radius 1 is 1.08 bits per heavy atom. The summed E-state index contributed by atoms with van der Waals surface area (Å²) in [7, 11) is 0. The zero-order chi connectivity index (χ0) is 17.7. The van der Waals surface area contributed by atoms with Crippen LogP contribution in [0.5, 0.6) is 0 Å². The van der Waals surface area contributed by atoms with E-state index < -0.39 is 17.4 Å². The standard InChI is InChI=1S/C18H25N3O3/c1-4-18(3,14-9-7-6-8-10-14)19-15(22)13-21-12-11-20(5-2)16(23)17(21)24/h6-10H,4-5,11-13H2,1-3H3,(H,19,22). The number of likely N-dealkylation sites (N-methyl/N-ethyl adjacent to an activating group) is 1. The zero-order valence-electron chi connectivity index (χ0n) is 14.5. The molecule has 1 atom stereocenters. The van der Waals surface area contributed by atoms with Crippen LogP contribution in [0, 0.1) is 0 Å². The van der Waals surface area contributed by atoms with Crippen molar-refractivity contribution in [1.29, 1.82) is 0 Å². The van der Waals surface area contributed by atoms with Crippen molar-refractivity contribution in [3.8, 4) is 0 Å². The summed E-state index contributed by atoms with van der Waals surface area (Å²) in [6, 6.07) is 9.74. The van der Waals surface area contributed by atoms with Gasteiger partial charge in [-0.25, -0.2) is 0 Å². The minimum absolute atomic E-state index is 0.0927. The highest BCUT2D eigenvalue weighted by Crippen LogP contribution is 2.24. The highest BCUT2D eigenvalue weighted by molar-refractivity contribution is 6.35. The van der Waals surface area contributed by atoms with E-state index in [-0.39, 0.29) is 12.5 Å². The Balaban J connectivity index is 2.02. The molecule has 1 fully saturated rings. The van der Waals surface area contributed by atoms with Gasteiger partial charge in [0.2, 0.25) is 5.91 Å². The average Bonchev–Trinajstić information content (AvgIpc) is 2.60. The molecule has 0 aromatic heterocycles. The number of nitrogens with zero attached hydrogens (tertiary/aromatic N) is 2. The first kappa shape index (κ1) is 18.0. The summed E-state index contributed by atoms with van der Waals surface area (Å²) in [5.41, 5.74) is 0.510. The first-order valence-electron chi connectivity index (χ1n) is 8.36. The third-order valence-electron chi connectivity index (χ3n) is 4.65. The molecule has 24 heavy (non-hydrogen) atoms. The monoisotopic (exact) mass is 331 g/mol. The molecule has 6 nitrogen and oxygen atoms in total. The van der Waals surface area contributed by atoms with Gasteiger partial charge >= 0.3 is 11.8 Å². The Kier molecular flexibility index (Phi) is 5.59. The largest absolute Gasteiger partial charge is 0.345 e. The number of hydrogen-bond donors (Lipinski definition) is 1. The van der Waals surface area contributed by atoms with Crippen molar-refractivity contribution in [3.63, 3.8) is 0 Å². The van der Waals surface area contributed by atoms with Crippen LogP contribution in [0.3, 0.4) is 0 Å². The molecule has 0 radical (unpaired) electrons. The van der Waals surface area contributed by atoms with Gasteiger partial charge in [-0.2, -0.15) is 0 Å². The van der Waals surface area contributed by atoms with E-state index in [1.165, 1.54) is 9.80 Å². The van der Waals surface area contributed by atoms with Crippen molar-refractivity contribution >= 4 is 17.7 Å². The second kappa shape index (κ2) is 7.47. The molecule has 0 aliphatic carbocycles. The van der Waals surface area contributed by atoms with Gasteiger partial charge in [-0.3, -0.25) is 14.4 Å². The van der Waals surface area contributed by atoms with Gasteiger partial charge in [0.1, 0.15) is 6.54 Å². The number of rotatable bonds is 6. The second-order valence-corrected chi connectivity index (χ2v) is 6.21. The van der Waals surface area contributed by atoms with Gasteiger partial charge in [-0.05, 0) is 25.8 Å². The van der Waals surface area contributed by atoms with Crippen LogP contribution < -0.4 is 5.32 Å². The fraction of sp³-hybridized carbons (Fsp3) is 0.500. The summed E-state index contributed by atoms with van der Waals surface area (Å²) in [5, 5.41) is 3.01. The maximum atomic E-state index is 12.4. The fourth-order valence-electron chi connectivity index (χ4n) is 2.86. The number of carbonyl (C=O) groups excluding carboxylic acids is 3. The molecule has 1 N–H and O–H groups in total. The number of piperazine rings is 1. The molecule has 130 valence electrons. The highest BCUT2D eigenvalue weighted by Gasteiger charge is 2.34. The zero-order valence-corrected chi connectivity index (χ0v) is 14.5. The smallest absolute Gasteiger partial charge is 0.312 e. The first-order valence-corrected chi connectivity index (χ1v) is 8.36. The van der Waals surface area contributed by atoms with Crippen LogP contribution in [-0.4, -0.2) is 53.7 Å². The van der Waals surface area contributed by atoms with Crippen molar-refractivity contribution in [1.82, 2.24) is 15.1 Å². The molecule has 0 bridgehead atoms. The van der Waals surface area contributed by atoms with Gasteiger partial charge < -0.3 is 15.1 Å². The molecule has 0 spiro atoms. The fourth-order valence-corrected chi connectivity index (χ4v) is 2.86. The minimum Gasteiger partial charge on any atom is -0.345 e. The molecule has 1 aromatic rings. The summed E-state index contributed by atoms with van der Waals surface area (Å²) in [6.07, 6.45) is 0.721. The first-order chi connectivity index (χ1) is 11.4. The van der Waals surface area contributed by atoms with Gasteiger partial charge in [0, 0.05) is 19.6 Å². The lowest BCUT2D eigenvalue weighted by atomic mass is 9.89. The third kappa shape index (κ3) is 3.75. The highest BCUT2D eigenvalue weighted by atomic mass is 16.2. The van der Waals surface area contributed by atoms with E-state index in [1.54, 1.807) is 0 Å². The Labute approximate surface area is 142 Å². The molecule has 0 saturated carbocycles. The number of hydrogen-bond acceptors (Lipinski definition) is 3. The van der Waals surface area contributed by atoms with Crippen LogP contribution in [0.25, 0.3) is 0 Å². The normalized spacial score (nSPS) is 17.6. The molecule has 1 saturated heterocycles. The van der Waals surface area contributed by atoms with Crippen LogP contribution in [0.2, 0.25) is 0 Å². The Hall–Kier alpha value is -2.37. The quantitative estimate of drug-likeness (QED) is 0.794. The maximum Gasteiger partial charge on any atom is 0.312 e. The number of amides is 3. The van der Waals surface area contributed by atoms with Gasteiger partial charge in [0.15, 0.2) is 0 Å². The van der Waals surface area contributed by atoms with E-state index in [4.69, 9.17) is 0 Å². The van der Waals surface area contributed by atoms with Gasteiger partial charge in [-0.15, -0.1) is 0 Å². The van der Waals surface area contributed by atoms with E-state index >= 15 is 0 Å². The third-order valence-corrected chi connectivity index (χ3v) is 4.65. The summed E-state index contributed by atoms with van der Waals surface area (Å²) in [4.78, 5) is 39.3. The van der Waals surface area contributed by atoms with Crippen LogP contribution in [-0.2, 0) is 19.9 Å². The molecular weight excluding hydrogens is 306 g/mol. The summed E-state index contributed by atoms with van der Waals surface area (Å²) in [5.74, 6) is -1.39. The summed E-state index contributed by atoms with van der Waals surface area (Å²) < 4.78 is 0. The van der Waals surface area contributed by atoms with E-state index in [1.807, 2.05) is 51.1 Å². The van der Waals surface area contributed by atoms with Crippen LogP contribution in [0.1, 0.15) is 32.8 Å². The Bertz CT molecular complexity index is 617. The van der Waals surface area contributed by atoms with Crippen molar-refractivity contribution in [2.45, 2.75) is 32.7 Å². The number of carbonyl (C=O) groups is 3. The number of nitrogens with one attached hydrogen (secondary N) is 1. The molecule has 3 amide bonds.